The van der Waals surface area contributed by atoms with Crippen molar-refractivity contribution in [2.45, 2.75) is 6.92 Å². The van der Waals surface area contributed by atoms with Gasteiger partial charge in [0.15, 0.2) is 0 Å². The Morgan fingerprint density at radius 1 is 1.26 bits per heavy atom. The van der Waals surface area contributed by atoms with Crippen molar-refractivity contribution in [3.05, 3.63) is 42.2 Å². The van der Waals surface area contributed by atoms with Crippen LogP contribution in [-0.4, -0.2) is 34.6 Å². The lowest BCUT2D eigenvalue weighted by Crippen LogP contribution is -2.26. The third-order valence-corrected chi connectivity index (χ3v) is 2.66. The zero-order chi connectivity index (χ0) is 13.8. The van der Waals surface area contributed by atoms with Crippen molar-refractivity contribution < 1.29 is 9.90 Å². The molecular formula is C14H15N3O2. The lowest BCUT2D eigenvalue weighted by atomic mass is 10.1. The van der Waals surface area contributed by atoms with Crippen molar-refractivity contribution in [2.24, 2.45) is 0 Å². The van der Waals surface area contributed by atoms with Crippen LogP contribution in [0.3, 0.4) is 0 Å². The fourth-order valence-electron chi connectivity index (χ4n) is 1.79. The Labute approximate surface area is 111 Å². The van der Waals surface area contributed by atoms with Crippen molar-refractivity contribution in [1.82, 2.24) is 9.97 Å². The zero-order valence-corrected chi connectivity index (χ0v) is 10.9. The number of anilines is 1. The first kappa shape index (κ1) is 13.0. The summed E-state index contributed by atoms with van der Waals surface area (Å²) in [5.41, 5.74) is 1.78. The molecule has 0 atom stereocenters. The highest BCUT2D eigenvalue weighted by Crippen LogP contribution is 2.20. The van der Waals surface area contributed by atoms with Gasteiger partial charge in [0, 0.05) is 18.7 Å². The largest absolute Gasteiger partial charge is 0.480 e. The molecule has 0 radical (unpaired) electrons. The first-order valence-corrected chi connectivity index (χ1v) is 5.90. The van der Waals surface area contributed by atoms with Crippen LogP contribution in [0.5, 0.6) is 0 Å². The van der Waals surface area contributed by atoms with Crippen molar-refractivity contribution in [3.8, 4) is 11.3 Å². The van der Waals surface area contributed by atoms with E-state index in [9.17, 15) is 4.79 Å². The van der Waals surface area contributed by atoms with Gasteiger partial charge in [0.1, 0.15) is 18.2 Å². The average Bonchev–Trinajstić information content (AvgIpc) is 2.38. The van der Waals surface area contributed by atoms with Crippen LogP contribution >= 0.6 is 0 Å². The summed E-state index contributed by atoms with van der Waals surface area (Å²) < 4.78 is 0. The SMILES string of the molecule is Cc1nc(-c2ccccc2)cc(N(C)CC(=O)O)n1. The number of benzene rings is 1. The Hall–Kier alpha value is -2.43. The van der Waals surface area contributed by atoms with E-state index in [-0.39, 0.29) is 6.54 Å². The number of nitrogens with zero attached hydrogens (tertiary/aromatic N) is 3. The van der Waals surface area contributed by atoms with Gasteiger partial charge in [-0.2, -0.15) is 0 Å². The number of hydrogen-bond donors (Lipinski definition) is 1. The fraction of sp³-hybridized carbons (Fsp3) is 0.214. The molecule has 98 valence electrons. The van der Waals surface area contributed by atoms with E-state index in [0.29, 0.717) is 11.6 Å². The molecule has 0 fully saturated rings. The van der Waals surface area contributed by atoms with E-state index in [1.165, 1.54) is 0 Å². The molecule has 0 saturated heterocycles. The molecule has 1 aromatic carbocycles. The van der Waals surface area contributed by atoms with E-state index >= 15 is 0 Å². The van der Waals surface area contributed by atoms with Gasteiger partial charge >= 0.3 is 5.97 Å². The molecule has 0 aliphatic carbocycles. The predicted molar refractivity (Wildman–Crippen MR) is 73.1 cm³/mol. The Balaban J connectivity index is 2.37. The molecule has 0 saturated carbocycles. The van der Waals surface area contributed by atoms with E-state index in [1.807, 2.05) is 30.3 Å². The van der Waals surface area contributed by atoms with Gasteiger partial charge < -0.3 is 10.0 Å². The number of carboxylic acid groups (broad SMARTS) is 1. The summed E-state index contributed by atoms with van der Waals surface area (Å²) in [5.74, 6) is 0.336. The van der Waals surface area contributed by atoms with E-state index in [1.54, 1.807) is 24.9 Å². The average molecular weight is 257 g/mol. The second kappa shape index (κ2) is 5.48. The number of hydrogen-bond acceptors (Lipinski definition) is 4. The molecule has 0 amide bonds. The van der Waals surface area contributed by atoms with E-state index in [4.69, 9.17) is 5.11 Å². The summed E-state index contributed by atoms with van der Waals surface area (Å²) >= 11 is 0. The number of carbonyl (C=O) groups is 1. The van der Waals surface area contributed by atoms with Gasteiger partial charge in [0.2, 0.25) is 0 Å². The summed E-state index contributed by atoms with van der Waals surface area (Å²) in [7, 11) is 1.70. The van der Waals surface area contributed by atoms with Crippen LogP contribution in [0.1, 0.15) is 5.82 Å². The second-order valence-corrected chi connectivity index (χ2v) is 4.27. The number of aliphatic carboxylic acids is 1. The molecule has 1 aromatic heterocycles. The minimum Gasteiger partial charge on any atom is -0.480 e. The topological polar surface area (TPSA) is 66.3 Å². The van der Waals surface area contributed by atoms with Crippen LogP contribution in [-0.2, 0) is 4.79 Å². The second-order valence-electron chi connectivity index (χ2n) is 4.27. The molecule has 5 nitrogen and oxygen atoms in total. The Kier molecular flexibility index (Phi) is 3.75. The fourth-order valence-corrected chi connectivity index (χ4v) is 1.79. The van der Waals surface area contributed by atoms with Crippen molar-refractivity contribution in [3.63, 3.8) is 0 Å². The number of aryl methyl sites for hydroxylation is 1. The van der Waals surface area contributed by atoms with Gasteiger partial charge in [0.05, 0.1) is 5.69 Å². The van der Waals surface area contributed by atoms with Crippen molar-refractivity contribution >= 4 is 11.8 Å². The highest BCUT2D eigenvalue weighted by Gasteiger charge is 2.10. The zero-order valence-electron chi connectivity index (χ0n) is 10.9. The minimum absolute atomic E-state index is 0.0926. The molecule has 19 heavy (non-hydrogen) atoms. The minimum atomic E-state index is -0.889. The van der Waals surface area contributed by atoms with Crippen LogP contribution in [0.15, 0.2) is 36.4 Å². The van der Waals surface area contributed by atoms with Gasteiger partial charge in [-0.1, -0.05) is 30.3 Å². The van der Waals surface area contributed by atoms with E-state index in [0.717, 1.165) is 11.3 Å². The maximum atomic E-state index is 10.7. The summed E-state index contributed by atoms with van der Waals surface area (Å²) in [5, 5.41) is 8.82. The van der Waals surface area contributed by atoms with Crippen molar-refractivity contribution in [1.29, 1.82) is 0 Å². The third-order valence-electron chi connectivity index (χ3n) is 2.66. The predicted octanol–water partition coefficient (Wildman–Crippen LogP) is 1.97. The first-order valence-electron chi connectivity index (χ1n) is 5.90. The Morgan fingerprint density at radius 3 is 2.58 bits per heavy atom. The molecule has 1 heterocycles. The van der Waals surface area contributed by atoms with E-state index < -0.39 is 5.97 Å². The molecule has 2 aromatic rings. The molecule has 0 unspecified atom stereocenters. The molecule has 1 N–H and O–H groups in total. The standard InChI is InChI=1S/C14H15N3O2/c1-10-15-12(11-6-4-3-5-7-11)8-13(16-10)17(2)9-14(18)19/h3-8H,9H2,1-2H3,(H,18,19). The highest BCUT2D eigenvalue weighted by molar-refractivity contribution is 5.73. The molecule has 0 aliphatic rings. The normalized spacial score (nSPS) is 10.2. The lowest BCUT2D eigenvalue weighted by Gasteiger charge is -2.16. The molecule has 0 aliphatic heterocycles. The number of carboxylic acids is 1. The van der Waals surface area contributed by atoms with Crippen LogP contribution in [0.2, 0.25) is 0 Å². The summed E-state index contributed by atoms with van der Waals surface area (Å²) in [4.78, 5) is 21.0. The maximum Gasteiger partial charge on any atom is 0.323 e. The summed E-state index contributed by atoms with van der Waals surface area (Å²) in [6, 6.07) is 11.5. The number of likely N-dealkylation sites (N-methyl/N-ethyl adjacent to an activating group) is 1. The highest BCUT2D eigenvalue weighted by atomic mass is 16.4. The number of rotatable bonds is 4. The monoisotopic (exact) mass is 257 g/mol. The van der Waals surface area contributed by atoms with Crippen LogP contribution < -0.4 is 4.90 Å². The molecule has 0 spiro atoms. The van der Waals surface area contributed by atoms with Gasteiger partial charge in [-0.3, -0.25) is 4.79 Å². The maximum absolute atomic E-state index is 10.7. The van der Waals surface area contributed by atoms with Gasteiger partial charge in [-0.25, -0.2) is 9.97 Å². The lowest BCUT2D eigenvalue weighted by molar-refractivity contribution is -0.135. The summed E-state index contributed by atoms with van der Waals surface area (Å²) in [6.45, 7) is 1.70. The quantitative estimate of drug-likeness (QED) is 0.907. The van der Waals surface area contributed by atoms with Crippen LogP contribution in [0.25, 0.3) is 11.3 Å². The Bertz CT molecular complexity index is 584. The summed E-state index contributed by atoms with van der Waals surface area (Å²) in [6.07, 6.45) is 0. The third kappa shape index (κ3) is 3.28. The van der Waals surface area contributed by atoms with E-state index in [2.05, 4.69) is 9.97 Å². The number of aromatic nitrogens is 2. The van der Waals surface area contributed by atoms with Crippen LogP contribution in [0.4, 0.5) is 5.82 Å². The van der Waals surface area contributed by atoms with Crippen LogP contribution in [0, 0.1) is 6.92 Å². The molecule has 0 bridgehead atoms. The van der Waals surface area contributed by atoms with Crippen molar-refractivity contribution in [2.75, 3.05) is 18.5 Å². The van der Waals surface area contributed by atoms with Gasteiger partial charge in [0.25, 0.3) is 0 Å². The molecule has 2 rings (SSSR count). The van der Waals surface area contributed by atoms with Gasteiger partial charge in [-0.15, -0.1) is 0 Å². The Morgan fingerprint density at radius 2 is 1.95 bits per heavy atom. The smallest absolute Gasteiger partial charge is 0.323 e. The van der Waals surface area contributed by atoms with Gasteiger partial charge in [-0.05, 0) is 6.92 Å². The first-order chi connectivity index (χ1) is 9.06. The molecular weight excluding hydrogens is 242 g/mol. The molecule has 5 heteroatoms.